The first kappa shape index (κ1) is 12.6. The van der Waals surface area contributed by atoms with Gasteiger partial charge in [0.05, 0.1) is 12.0 Å². The Bertz CT molecular complexity index is 138. The van der Waals surface area contributed by atoms with Gasteiger partial charge in [-0.3, -0.25) is 4.79 Å². The van der Waals surface area contributed by atoms with Crippen molar-refractivity contribution in [2.24, 2.45) is 11.5 Å². The molecule has 0 radical (unpaired) electrons. The third kappa shape index (κ3) is 6.03. The Morgan fingerprint density at radius 1 is 1.50 bits per heavy atom. The van der Waals surface area contributed by atoms with Crippen molar-refractivity contribution < 1.29 is 44.3 Å². The Morgan fingerprint density at radius 3 is 2.00 bits per heavy atom. The van der Waals surface area contributed by atoms with E-state index in [2.05, 4.69) is 5.73 Å². The van der Waals surface area contributed by atoms with E-state index < -0.39 is 17.9 Å². The van der Waals surface area contributed by atoms with Crippen LogP contribution in [0.15, 0.2) is 0 Å². The van der Waals surface area contributed by atoms with E-state index in [1.54, 1.807) is 0 Å². The van der Waals surface area contributed by atoms with E-state index in [-0.39, 0.29) is 36.0 Å². The molecule has 0 aliphatic heterocycles. The molecule has 0 fully saturated rings. The van der Waals surface area contributed by atoms with Gasteiger partial charge in [0.15, 0.2) is 0 Å². The summed E-state index contributed by atoms with van der Waals surface area (Å²) in [5.74, 6) is -2.21. The molecule has 10 heavy (non-hydrogen) atoms. The molecule has 1 atom stereocenters. The van der Waals surface area contributed by atoms with Crippen LogP contribution in [-0.2, 0) is 9.59 Å². The van der Waals surface area contributed by atoms with Crippen molar-refractivity contribution in [1.29, 1.82) is 0 Å². The molecular weight excluding hydrogens is 147 g/mol. The number of carboxylic acid groups (broad SMARTS) is 1. The van der Waals surface area contributed by atoms with Gasteiger partial charge in [-0.2, -0.15) is 0 Å². The first-order valence-electron chi connectivity index (χ1n) is 2.28. The standard InChI is InChI=1S/C4H8N2O3.Na/c5-2(4(8)9)1-3(6)7;/h2H,1,5H2,(H2,6,7)(H,8,9);/q;+1/p-1/t2-;/m1./s1. The van der Waals surface area contributed by atoms with Crippen molar-refractivity contribution >= 4 is 11.9 Å². The average molecular weight is 154 g/mol. The normalized spacial score (nSPS) is 11.3. The maximum Gasteiger partial charge on any atom is 1.00 e. The average Bonchev–Trinajstić information content (AvgIpc) is 1.63. The van der Waals surface area contributed by atoms with E-state index in [1.807, 2.05) is 0 Å². The second-order valence-corrected chi connectivity index (χ2v) is 1.60. The van der Waals surface area contributed by atoms with Crippen LogP contribution in [0.1, 0.15) is 6.42 Å². The summed E-state index contributed by atoms with van der Waals surface area (Å²) in [7, 11) is 0. The molecule has 0 saturated heterocycles. The van der Waals surface area contributed by atoms with Gasteiger partial charge in [-0.1, -0.05) is 0 Å². The van der Waals surface area contributed by atoms with Crippen LogP contribution >= 0.6 is 0 Å². The molecule has 0 aromatic heterocycles. The van der Waals surface area contributed by atoms with Gasteiger partial charge in [-0.15, -0.1) is 0 Å². The third-order valence-electron chi connectivity index (χ3n) is 0.724. The second-order valence-electron chi connectivity index (χ2n) is 1.60. The van der Waals surface area contributed by atoms with E-state index >= 15 is 0 Å². The molecule has 52 valence electrons. The van der Waals surface area contributed by atoms with Crippen LogP contribution in [0.25, 0.3) is 0 Å². The zero-order valence-corrected chi connectivity index (χ0v) is 7.66. The predicted octanol–water partition coefficient (Wildman–Crippen LogP) is -6.06. The minimum atomic E-state index is -1.46. The van der Waals surface area contributed by atoms with Crippen LogP contribution in [0.5, 0.6) is 0 Å². The largest absolute Gasteiger partial charge is 1.00 e. The number of carbonyl (C=O) groups is 2. The maximum atomic E-state index is 9.97. The van der Waals surface area contributed by atoms with Gasteiger partial charge in [-0.05, 0) is 0 Å². The van der Waals surface area contributed by atoms with Crippen LogP contribution in [0.4, 0.5) is 0 Å². The number of amides is 1. The molecule has 5 nitrogen and oxygen atoms in total. The molecule has 4 N–H and O–H groups in total. The number of rotatable bonds is 3. The molecule has 0 aromatic carbocycles. The van der Waals surface area contributed by atoms with Gasteiger partial charge in [-0.25, -0.2) is 0 Å². The zero-order chi connectivity index (χ0) is 7.44. The fourth-order valence-electron chi connectivity index (χ4n) is 0.300. The van der Waals surface area contributed by atoms with Gasteiger partial charge >= 0.3 is 29.6 Å². The third-order valence-corrected chi connectivity index (χ3v) is 0.724. The van der Waals surface area contributed by atoms with Crippen LogP contribution in [0.3, 0.4) is 0 Å². The number of nitrogens with two attached hydrogens (primary N) is 2. The fourth-order valence-corrected chi connectivity index (χ4v) is 0.300. The SMILES string of the molecule is NC(=O)C[C@@H](N)C(=O)[O-].[Na+]. The topological polar surface area (TPSA) is 109 Å². The van der Waals surface area contributed by atoms with E-state index in [1.165, 1.54) is 0 Å². The minimum absolute atomic E-state index is 0. The summed E-state index contributed by atoms with van der Waals surface area (Å²) < 4.78 is 0. The first-order valence-corrected chi connectivity index (χ1v) is 2.28. The zero-order valence-electron chi connectivity index (χ0n) is 5.66. The Hall–Kier alpha value is -0.100. The predicted molar refractivity (Wildman–Crippen MR) is 26.8 cm³/mol. The Kier molecular flexibility index (Phi) is 7.12. The minimum Gasteiger partial charge on any atom is -0.548 e. The molecule has 0 heterocycles. The summed E-state index contributed by atoms with van der Waals surface area (Å²) >= 11 is 0. The van der Waals surface area contributed by atoms with Crippen molar-refractivity contribution in [1.82, 2.24) is 0 Å². The van der Waals surface area contributed by atoms with Crippen LogP contribution in [0.2, 0.25) is 0 Å². The van der Waals surface area contributed by atoms with Gasteiger partial charge in [0, 0.05) is 6.42 Å². The quantitative estimate of drug-likeness (QED) is 0.394. The molecule has 0 unspecified atom stereocenters. The molecule has 0 aliphatic carbocycles. The number of aliphatic carboxylic acids is 1. The maximum absolute atomic E-state index is 9.97. The second kappa shape index (κ2) is 5.67. The van der Waals surface area contributed by atoms with Gasteiger partial charge < -0.3 is 21.4 Å². The summed E-state index contributed by atoms with van der Waals surface area (Å²) in [6, 6.07) is -1.28. The van der Waals surface area contributed by atoms with Crippen molar-refractivity contribution in [2.75, 3.05) is 0 Å². The van der Waals surface area contributed by atoms with Gasteiger partial charge in [0.2, 0.25) is 5.91 Å². The number of hydrogen-bond donors (Lipinski definition) is 2. The van der Waals surface area contributed by atoms with Crippen molar-refractivity contribution in [3.05, 3.63) is 0 Å². The van der Waals surface area contributed by atoms with Crippen LogP contribution in [-0.4, -0.2) is 17.9 Å². The smallest absolute Gasteiger partial charge is 0.548 e. The molecule has 1 amide bonds. The fraction of sp³-hybridized carbons (Fsp3) is 0.500. The first-order chi connectivity index (χ1) is 4.04. The Labute approximate surface area is 80.0 Å². The van der Waals surface area contributed by atoms with Crippen molar-refractivity contribution in [3.63, 3.8) is 0 Å². The molecule has 0 bridgehead atoms. The number of hydrogen-bond acceptors (Lipinski definition) is 4. The molecule has 0 rings (SSSR count). The van der Waals surface area contributed by atoms with E-state index in [4.69, 9.17) is 5.73 Å². The molecular formula is C4H7N2NaO3. The van der Waals surface area contributed by atoms with Gasteiger partial charge in [0.1, 0.15) is 0 Å². The number of primary amides is 1. The molecule has 0 aliphatic rings. The summed E-state index contributed by atoms with van der Waals surface area (Å²) in [5, 5.41) is 9.79. The van der Waals surface area contributed by atoms with Crippen LogP contribution < -0.4 is 46.1 Å². The van der Waals surface area contributed by atoms with E-state index in [0.717, 1.165) is 0 Å². The summed E-state index contributed by atoms with van der Waals surface area (Å²) in [6.07, 6.45) is -0.373. The van der Waals surface area contributed by atoms with E-state index in [9.17, 15) is 14.7 Å². The van der Waals surface area contributed by atoms with E-state index in [0.29, 0.717) is 0 Å². The van der Waals surface area contributed by atoms with Crippen molar-refractivity contribution in [3.8, 4) is 0 Å². The molecule has 0 spiro atoms. The molecule has 0 aromatic rings. The summed E-state index contributed by atoms with van der Waals surface area (Å²) in [5.41, 5.74) is 9.48. The number of carbonyl (C=O) groups excluding carboxylic acids is 2. The summed E-state index contributed by atoms with van der Waals surface area (Å²) in [6.45, 7) is 0. The monoisotopic (exact) mass is 154 g/mol. The Morgan fingerprint density at radius 2 is 1.90 bits per heavy atom. The number of carboxylic acids is 1. The van der Waals surface area contributed by atoms with Gasteiger partial charge in [0.25, 0.3) is 0 Å². The molecule has 6 heteroatoms. The van der Waals surface area contributed by atoms with Crippen LogP contribution in [0, 0.1) is 0 Å². The molecule has 0 saturated carbocycles. The summed E-state index contributed by atoms with van der Waals surface area (Å²) in [4.78, 5) is 19.8. The van der Waals surface area contributed by atoms with Crippen molar-refractivity contribution in [2.45, 2.75) is 12.5 Å². The Balaban J connectivity index is 0.